The van der Waals surface area contributed by atoms with E-state index in [0.717, 1.165) is 24.8 Å². The van der Waals surface area contributed by atoms with E-state index in [4.69, 9.17) is 9.47 Å². The van der Waals surface area contributed by atoms with Crippen molar-refractivity contribution in [3.8, 4) is 11.5 Å². The van der Waals surface area contributed by atoms with Crippen molar-refractivity contribution in [2.24, 2.45) is 0 Å². The van der Waals surface area contributed by atoms with E-state index in [9.17, 15) is 9.59 Å². The third kappa shape index (κ3) is 7.59. The molecule has 0 fully saturated rings. The molecule has 0 aliphatic carbocycles. The second kappa shape index (κ2) is 13.4. The Labute approximate surface area is 191 Å². The van der Waals surface area contributed by atoms with Crippen LogP contribution in [0, 0.1) is 0 Å². The standard InChI is InChI=1S/C26H36N2O4/c1-5-8-16-27-26(30)24(7-3)28(18-21-10-9-11-23(17-21)31-4)25(29)19-32-22-14-12-20(6-2)13-15-22/h9-15,17,24H,5-8,16,18-19H2,1-4H3,(H,27,30)/t24-/m1/s1. The van der Waals surface area contributed by atoms with Crippen LogP contribution in [0.3, 0.4) is 0 Å². The number of nitrogens with zero attached hydrogens (tertiary/aromatic N) is 1. The van der Waals surface area contributed by atoms with Gasteiger partial charge in [0, 0.05) is 13.1 Å². The highest BCUT2D eigenvalue weighted by molar-refractivity contribution is 5.88. The number of unbranched alkanes of at least 4 members (excludes halogenated alkanes) is 1. The van der Waals surface area contributed by atoms with Crippen LogP contribution in [0.4, 0.5) is 0 Å². The number of hydrogen-bond acceptors (Lipinski definition) is 4. The maximum Gasteiger partial charge on any atom is 0.261 e. The Kier molecular flexibility index (Phi) is 10.6. The van der Waals surface area contributed by atoms with Gasteiger partial charge >= 0.3 is 0 Å². The van der Waals surface area contributed by atoms with Crippen LogP contribution in [0.15, 0.2) is 48.5 Å². The fourth-order valence-electron chi connectivity index (χ4n) is 3.44. The highest BCUT2D eigenvalue weighted by atomic mass is 16.5. The minimum Gasteiger partial charge on any atom is -0.497 e. The number of carbonyl (C=O) groups is 2. The smallest absolute Gasteiger partial charge is 0.261 e. The Balaban J connectivity index is 2.17. The molecule has 0 bridgehead atoms. The summed E-state index contributed by atoms with van der Waals surface area (Å²) in [7, 11) is 1.61. The zero-order valence-electron chi connectivity index (χ0n) is 19.7. The Morgan fingerprint density at radius 2 is 1.75 bits per heavy atom. The van der Waals surface area contributed by atoms with Crippen LogP contribution in [0.2, 0.25) is 0 Å². The Hall–Kier alpha value is -3.02. The fourth-order valence-corrected chi connectivity index (χ4v) is 3.44. The molecule has 2 amide bonds. The van der Waals surface area contributed by atoms with Gasteiger partial charge in [-0.1, -0.05) is 51.5 Å². The van der Waals surface area contributed by atoms with E-state index in [1.165, 1.54) is 5.56 Å². The maximum atomic E-state index is 13.2. The van der Waals surface area contributed by atoms with E-state index in [1.807, 2.05) is 55.5 Å². The molecule has 0 unspecified atom stereocenters. The van der Waals surface area contributed by atoms with Crippen LogP contribution in [0.5, 0.6) is 11.5 Å². The lowest BCUT2D eigenvalue weighted by atomic mass is 10.1. The van der Waals surface area contributed by atoms with Crippen LogP contribution in [-0.4, -0.2) is 43.0 Å². The zero-order valence-corrected chi connectivity index (χ0v) is 19.7. The molecule has 174 valence electrons. The van der Waals surface area contributed by atoms with Gasteiger partial charge in [0.05, 0.1) is 7.11 Å². The van der Waals surface area contributed by atoms with Crippen LogP contribution in [0.1, 0.15) is 51.2 Å². The van der Waals surface area contributed by atoms with Crippen LogP contribution >= 0.6 is 0 Å². The molecule has 1 atom stereocenters. The van der Waals surface area contributed by atoms with E-state index in [0.29, 0.717) is 31.0 Å². The van der Waals surface area contributed by atoms with Gasteiger partial charge in [-0.2, -0.15) is 0 Å². The normalized spacial score (nSPS) is 11.5. The van der Waals surface area contributed by atoms with E-state index in [-0.39, 0.29) is 18.4 Å². The predicted molar refractivity (Wildman–Crippen MR) is 127 cm³/mol. The molecular weight excluding hydrogens is 404 g/mol. The summed E-state index contributed by atoms with van der Waals surface area (Å²) in [4.78, 5) is 27.7. The Morgan fingerprint density at radius 1 is 1.00 bits per heavy atom. The monoisotopic (exact) mass is 440 g/mol. The van der Waals surface area contributed by atoms with Gasteiger partial charge in [-0.05, 0) is 54.7 Å². The third-order valence-corrected chi connectivity index (χ3v) is 5.40. The Morgan fingerprint density at radius 3 is 2.38 bits per heavy atom. The van der Waals surface area contributed by atoms with Crippen molar-refractivity contribution in [3.63, 3.8) is 0 Å². The molecule has 32 heavy (non-hydrogen) atoms. The number of hydrogen-bond donors (Lipinski definition) is 1. The molecule has 0 saturated carbocycles. The summed E-state index contributed by atoms with van der Waals surface area (Å²) >= 11 is 0. The summed E-state index contributed by atoms with van der Waals surface area (Å²) in [6.45, 7) is 6.86. The number of methoxy groups -OCH3 is 1. The zero-order chi connectivity index (χ0) is 23.3. The molecule has 2 aromatic carbocycles. The quantitative estimate of drug-likeness (QED) is 0.470. The number of nitrogens with one attached hydrogen (secondary N) is 1. The molecule has 0 aromatic heterocycles. The molecule has 6 nitrogen and oxygen atoms in total. The molecule has 0 aliphatic heterocycles. The topological polar surface area (TPSA) is 67.9 Å². The molecular formula is C26H36N2O4. The minimum atomic E-state index is -0.573. The van der Waals surface area contributed by atoms with Crippen molar-refractivity contribution in [1.82, 2.24) is 10.2 Å². The summed E-state index contributed by atoms with van der Waals surface area (Å²) < 4.78 is 11.1. The number of benzene rings is 2. The van der Waals surface area contributed by atoms with Crippen molar-refractivity contribution < 1.29 is 19.1 Å². The van der Waals surface area contributed by atoms with Gasteiger partial charge in [0.2, 0.25) is 5.91 Å². The largest absolute Gasteiger partial charge is 0.497 e. The number of aryl methyl sites for hydroxylation is 1. The molecule has 0 saturated heterocycles. The lowest BCUT2D eigenvalue weighted by molar-refractivity contribution is -0.143. The van der Waals surface area contributed by atoms with Crippen molar-refractivity contribution in [1.29, 1.82) is 0 Å². The first-order valence-electron chi connectivity index (χ1n) is 11.4. The molecule has 2 rings (SSSR count). The average Bonchev–Trinajstić information content (AvgIpc) is 2.83. The van der Waals surface area contributed by atoms with E-state index in [2.05, 4.69) is 19.2 Å². The van der Waals surface area contributed by atoms with E-state index >= 15 is 0 Å². The maximum absolute atomic E-state index is 13.2. The molecule has 2 aromatic rings. The summed E-state index contributed by atoms with van der Waals surface area (Å²) in [5.41, 5.74) is 2.10. The first-order chi connectivity index (χ1) is 15.5. The third-order valence-electron chi connectivity index (χ3n) is 5.40. The molecule has 0 aliphatic rings. The number of carbonyl (C=O) groups excluding carboxylic acids is 2. The highest BCUT2D eigenvalue weighted by Crippen LogP contribution is 2.18. The number of rotatable bonds is 13. The molecule has 0 spiro atoms. The van der Waals surface area contributed by atoms with Gasteiger partial charge in [-0.25, -0.2) is 0 Å². The Bertz CT molecular complexity index is 851. The van der Waals surface area contributed by atoms with Gasteiger partial charge in [-0.3, -0.25) is 9.59 Å². The fraction of sp³-hybridized carbons (Fsp3) is 0.462. The molecule has 6 heteroatoms. The van der Waals surface area contributed by atoms with Crippen molar-refractivity contribution in [2.45, 2.75) is 59.0 Å². The molecule has 0 radical (unpaired) electrons. The van der Waals surface area contributed by atoms with Crippen molar-refractivity contribution in [2.75, 3.05) is 20.3 Å². The first kappa shape index (κ1) is 25.2. The lowest BCUT2D eigenvalue weighted by Crippen LogP contribution is -2.50. The molecule has 1 N–H and O–H groups in total. The van der Waals surface area contributed by atoms with E-state index < -0.39 is 6.04 Å². The van der Waals surface area contributed by atoms with Gasteiger partial charge in [-0.15, -0.1) is 0 Å². The van der Waals surface area contributed by atoms with Gasteiger partial charge in [0.15, 0.2) is 6.61 Å². The number of amides is 2. The SMILES string of the molecule is CCCCNC(=O)[C@@H](CC)N(Cc1cccc(OC)c1)C(=O)COc1ccc(CC)cc1. The summed E-state index contributed by atoms with van der Waals surface area (Å²) in [5.74, 6) is 0.981. The highest BCUT2D eigenvalue weighted by Gasteiger charge is 2.28. The first-order valence-corrected chi connectivity index (χ1v) is 11.4. The summed E-state index contributed by atoms with van der Waals surface area (Å²) in [5, 5.41) is 2.97. The average molecular weight is 441 g/mol. The summed E-state index contributed by atoms with van der Waals surface area (Å²) in [6, 6.07) is 14.7. The van der Waals surface area contributed by atoms with Crippen molar-refractivity contribution in [3.05, 3.63) is 59.7 Å². The van der Waals surface area contributed by atoms with Crippen LogP contribution in [0.25, 0.3) is 0 Å². The second-order valence-electron chi connectivity index (χ2n) is 7.73. The number of ether oxygens (including phenoxy) is 2. The second-order valence-corrected chi connectivity index (χ2v) is 7.73. The van der Waals surface area contributed by atoms with Gasteiger partial charge in [0.25, 0.3) is 5.91 Å². The van der Waals surface area contributed by atoms with E-state index in [1.54, 1.807) is 12.0 Å². The van der Waals surface area contributed by atoms with Crippen LogP contribution in [-0.2, 0) is 22.6 Å². The van der Waals surface area contributed by atoms with Gasteiger partial charge in [0.1, 0.15) is 17.5 Å². The summed E-state index contributed by atoms with van der Waals surface area (Å²) in [6.07, 6.45) is 3.36. The molecule has 0 heterocycles. The van der Waals surface area contributed by atoms with Crippen molar-refractivity contribution >= 4 is 11.8 Å². The minimum absolute atomic E-state index is 0.131. The van der Waals surface area contributed by atoms with Crippen LogP contribution < -0.4 is 14.8 Å². The lowest BCUT2D eigenvalue weighted by Gasteiger charge is -2.30. The van der Waals surface area contributed by atoms with Gasteiger partial charge < -0.3 is 19.7 Å². The predicted octanol–water partition coefficient (Wildman–Crippen LogP) is 4.36.